The molecule has 0 radical (unpaired) electrons. The average Bonchev–Trinajstić information content (AvgIpc) is 2.73. The largest absolute Gasteiger partial charge is 0.343 e. The lowest BCUT2D eigenvalue weighted by atomic mass is 9.77. The lowest BCUT2D eigenvalue weighted by Crippen LogP contribution is -2.29. The van der Waals surface area contributed by atoms with E-state index in [2.05, 4.69) is 10.3 Å². The number of rotatable bonds is 2. The van der Waals surface area contributed by atoms with Crippen LogP contribution in [0.2, 0.25) is 5.02 Å². The Morgan fingerprint density at radius 2 is 1.71 bits per heavy atom. The van der Waals surface area contributed by atoms with Gasteiger partial charge in [0.25, 0.3) is 5.56 Å². The minimum absolute atomic E-state index is 0.0788. The van der Waals surface area contributed by atoms with Gasteiger partial charge < -0.3 is 10.3 Å². The number of hydrogen-bond donors (Lipinski definition) is 2. The molecule has 0 amide bonds. The fourth-order valence-electron chi connectivity index (χ4n) is 4.31. The number of hydrogen-bond acceptors (Lipinski definition) is 3. The molecule has 0 saturated heterocycles. The van der Waals surface area contributed by atoms with Crippen molar-refractivity contribution in [1.82, 2.24) is 9.97 Å². The molecule has 28 heavy (non-hydrogen) atoms. The molecule has 5 rings (SSSR count). The summed E-state index contributed by atoms with van der Waals surface area (Å²) in [7, 11) is 0. The maximum Gasteiger partial charge on any atom is 0.257 e. The van der Waals surface area contributed by atoms with E-state index in [0.29, 0.717) is 22.2 Å². The molecule has 2 heterocycles. The van der Waals surface area contributed by atoms with Gasteiger partial charge in [-0.25, -0.2) is 4.98 Å². The van der Waals surface area contributed by atoms with E-state index in [4.69, 9.17) is 16.6 Å². The minimum Gasteiger partial charge on any atom is -0.343 e. The van der Waals surface area contributed by atoms with E-state index in [1.165, 1.54) is 11.3 Å². The summed E-state index contributed by atoms with van der Waals surface area (Å²) in [6.07, 6.45) is 4.29. The summed E-state index contributed by atoms with van der Waals surface area (Å²) in [4.78, 5) is 21.0. The summed E-state index contributed by atoms with van der Waals surface area (Å²) < 4.78 is 0. The van der Waals surface area contributed by atoms with Crippen LogP contribution in [0.1, 0.15) is 42.7 Å². The van der Waals surface area contributed by atoms with E-state index in [1.807, 2.05) is 54.6 Å². The summed E-state index contributed by atoms with van der Waals surface area (Å²) in [5, 5.41) is 4.18. The van der Waals surface area contributed by atoms with Gasteiger partial charge in [0.2, 0.25) is 0 Å². The zero-order valence-electron chi connectivity index (χ0n) is 15.3. The van der Waals surface area contributed by atoms with Gasteiger partial charge in [-0.2, -0.15) is 0 Å². The van der Waals surface area contributed by atoms with Crippen molar-refractivity contribution < 1.29 is 0 Å². The number of H-pyrrole nitrogens is 1. The third-order valence-corrected chi connectivity index (χ3v) is 5.87. The van der Waals surface area contributed by atoms with E-state index < -0.39 is 0 Å². The topological polar surface area (TPSA) is 57.8 Å². The van der Waals surface area contributed by atoms with Gasteiger partial charge in [-0.15, -0.1) is 0 Å². The Labute approximate surface area is 168 Å². The monoisotopic (exact) mass is 389 g/mol. The predicted molar refractivity (Wildman–Crippen MR) is 113 cm³/mol. The van der Waals surface area contributed by atoms with Crippen LogP contribution in [0.15, 0.2) is 70.7 Å². The molecular weight excluding hydrogens is 370 g/mol. The van der Waals surface area contributed by atoms with Crippen LogP contribution < -0.4 is 10.9 Å². The number of benzene rings is 2. The van der Waals surface area contributed by atoms with Crippen molar-refractivity contribution in [3.05, 3.63) is 92.4 Å². The molecule has 4 nitrogen and oxygen atoms in total. The quantitative estimate of drug-likeness (QED) is 0.610. The molecule has 2 N–H and O–H groups in total. The lowest BCUT2D eigenvalue weighted by Gasteiger charge is -2.33. The lowest BCUT2D eigenvalue weighted by molar-refractivity contribution is 0.631. The van der Waals surface area contributed by atoms with Crippen molar-refractivity contribution in [2.45, 2.75) is 31.6 Å². The first kappa shape index (κ1) is 17.3. The van der Waals surface area contributed by atoms with E-state index in [9.17, 15) is 4.79 Å². The van der Waals surface area contributed by atoms with Gasteiger partial charge >= 0.3 is 0 Å². The van der Waals surface area contributed by atoms with Crippen molar-refractivity contribution in [1.29, 1.82) is 0 Å². The van der Waals surface area contributed by atoms with Crippen LogP contribution in [0.4, 0.5) is 5.82 Å². The van der Waals surface area contributed by atoms with Gasteiger partial charge in [0.1, 0.15) is 11.6 Å². The van der Waals surface area contributed by atoms with Crippen LogP contribution in [-0.4, -0.2) is 9.97 Å². The first-order chi connectivity index (χ1) is 13.7. The number of aromatic amines is 1. The molecule has 0 fully saturated rings. The fraction of sp³-hybridized carbons (Fsp3) is 0.217. The molecule has 1 aliphatic heterocycles. The molecule has 2 aliphatic rings. The molecule has 1 unspecified atom stereocenters. The molecule has 2 aromatic carbocycles. The number of nitrogens with one attached hydrogen (secondary N) is 2. The van der Waals surface area contributed by atoms with Crippen molar-refractivity contribution in [3.8, 4) is 11.4 Å². The highest BCUT2D eigenvalue weighted by molar-refractivity contribution is 6.30. The number of anilines is 1. The molecule has 0 saturated carbocycles. The van der Waals surface area contributed by atoms with Crippen molar-refractivity contribution in [3.63, 3.8) is 0 Å². The Morgan fingerprint density at radius 3 is 2.50 bits per heavy atom. The number of fused-ring (bicyclic) bond motifs is 1. The predicted octanol–water partition coefficient (Wildman–Crippen LogP) is 5.48. The Kier molecular flexibility index (Phi) is 4.29. The highest BCUT2D eigenvalue weighted by atomic mass is 35.5. The summed E-state index contributed by atoms with van der Waals surface area (Å²) in [6, 6.07) is 17.6. The SMILES string of the molecule is O=c1[nH]c(-c2ccccc2)nc2c1C(c1ccc(Cl)cc1)C1=C(CCCC1)N2. The van der Waals surface area contributed by atoms with Gasteiger partial charge in [-0.1, -0.05) is 54.1 Å². The number of halogens is 1. The van der Waals surface area contributed by atoms with Crippen molar-refractivity contribution in [2.75, 3.05) is 5.32 Å². The van der Waals surface area contributed by atoms with Crippen LogP contribution in [-0.2, 0) is 0 Å². The number of nitrogens with zero attached hydrogens (tertiary/aromatic N) is 1. The Hall–Kier alpha value is -2.85. The maximum atomic E-state index is 13.2. The molecule has 0 spiro atoms. The summed E-state index contributed by atoms with van der Waals surface area (Å²) >= 11 is 6.10. The molecule has 1 atom stereocenters. The maximum absolute atomic E-state index is 13.2. The standard InChI is InChI=1S/C23H20ClN3O/c24-16-12-10-14(11-13-16)19-17-8-4-5-9-18(17)25-22-20(19)23(28)27-21(26-22)15-6-2-1-3-7-15/h1-3,6-7,10-13,19H,4-5,8-9H2,(H2,25,26,27,28). The average molecular weight is 390 g/mol. The Bertz CT molecular complexity index is 1120. The summed E-state index contributed by atoms with van der Waals surface area (Å²) in [5.74, 6) is 1.18. The second-order valence-electron chi connectivity index (χ2n) is 7.36. The number of aromatic nitrogens is 2. The molecule has 0 bridgehead atoms. The molecule has 140 valence electrons. The summed E-state index contributed by atoms with van der Waals surface area (Å²) in [5.41, 5.74) is 5.12. The molecular formula is C23H20ClN3O. The van der Waals surface area contributed by atoms with Gasteiger partial charge in [0.05, 0.1) is 5.56 Å². The minimum atomic E-state index is -0.0894. The third-order valence-electron chi connectivity index (χ3n) is 5.62. The summed E-state index contributed by atoms with van der Waals surface area (Å²) in [6.45, 7) is 0. The van der Waals surface area contributed by atoms with Crippen LogP contribution in [0.5, 0.6) is 0 Å². The first-order valence-electron chi connectivity index (χ1n) is 9.65. The Balaban J connectivity index is 1.70. The van der Waals surface area contributed by atoms with Crippen molar-refractivity contribution in [2.24, 2.45) is 0 Å². The van der Waals surface area contributed by atoms with Crippen LogP contribution in [0.25, 0.3) is 11.4 Å². The van der Waals surface area contributed by atoms with E-state index >= 15 is 0 Å². The highest BCUT2D eigenvalue weighted by Crippen LogP contribution is 2.44. The van der Waals surface area contributed by atoms with Crippen LogP contribution in [0, 0.1) is 0 Å². The van der Waals surface area contributed by atoms with E-state index in [-0.39, 0.29) is 11.5 Å². The first-order valence-corrected chi connectivity index (χ1v) is 10.0. The van der Waals surface area contributed by atoms with Gasteiger partial charge in [0.15, 0.2) is 0 Å². The molecule has 3 aromatic rings. The number of allylic oxidation sites excluding steroid dienone is 2. The van der Waals surface area contributed by atoms with Crippen LogP contribution in [0.3, 0.4) is 0 Å². The van der Waals surface area contributed by atoms with Gasteiger partial charge in [-0.3, -0.25) is 4.79 Å². The van der Waals surface area contributed by atoms with Crippen LogP contribution >= 0.6 is 11.6 Å². The van der Waals surface area contributed by atoms with Gasteiger partial charge in [-0.05, 0) is 49.0 Å². The Morgan fingerprint density at radius 1 is 0.964 bits per heavy atom. The second-order valence-corrected chi connectivity index (χ2v) is 7.80. The smallest absolute Gasteiger partial charge is 0.257 e. The van der Waals surface area contributed by atoms with E-state index in [1.54, 1.807) is 0 Å². The molecule has 1 aromatic heterocycles. The van der Waals surface area contributed by atoms with Crippen molar-refractivity contribution >= 4 is 17.4 Å². The molecule has 5 heteroatoms. The zero-order valence-corrected chi connectivity index (χ0v) is 16.1. The fourth-order valence-corrected chi connectivity index (χ4v) is 4.43. The van der Waals surface area contributed by atoms with Gasteiger partial charge in [0, 0.05) is 22.2 Å². The highest BCUT2D eigenvalue weighted by Gasteiger charge is 2.34. The molecule has 1 aliphatic carbocycles. The third kappa shape index (κ3) is 2.94. The van der Waals surface area contributed by atoms with E-state index in [0.717, 1.165) is 36.8 Å². The second kappa shape index (κ2) is 6.95. The zero-order chi connectivity index (χ0) is 19.1. The normalized spacial score (nSPS) is 18.2.